The third kappa shape index (κ3) is 10.7. The van der Waals surface area contributed by atoms with E-state index in [9.17, 15) is 19.2 Å². The zero-order chi connectivity index (χ0) is 34.6. The Morgan fingerprint density at radius 3 is 1.38 bits per heavy atom. The fourth-order valence-corrected chi connectivity index (χ4v) is 6.32. The topological polar surface area (TPSA) is 71.5 Å². The fourth-order valence-electron chi connectivity index (χ4n) is 6.32. The summed E-state index contributed by atoms with van der Waals surface area (Å²) in [6, 6.07) is 24.4. The van der Waals surface area contributed by atoms with Crippen LogP contribution in [0, 0.1) is 25.7 Å². The number of nitrogens with zero attached hydrogens (tertiary/aromatic N) is 1. The van der Waals surface area contributed by atoms with Gasteiger partial charge in [0, 0.05) is 40.7 Å². The summed E-state index contributed by atoms with van der Waals surface area (Å²) in [7, 11) is 0. The molecule has 0 saturated heterocycles. The second-order valence-electron chi connectivity index (χ2n) is 13.5. The van der Waals surface area contributed by atoms with Gasteiger partial charge in [0.05, 0.1) is 0 Å². The summed E-state index contributed by atoms with van der Waals surface area (Å²) in [5.41, 5.74) is 6.09. The zero-order valence-corrected chi connectivity index (χ0v) is 29.5. The lowest BCUT2D eigenvalue weighted by Gasteiger charge is -2.37. The summed E-state index contributed by atoms with van der Waals surface area (Å²) in [5.74, 6) is -0.140. The Morgan fingerprint density at radius 1 is 0.638 bits per heavy atom. The van der Waals surface area contributed by atoms with E-state index < -0.39 is 0 Å². The maximum absolute atomic E-state index is 13.4. The van der Waals surface area contributed by atoms with Gasteiger partial charge in [0.1, 0.15) is 0 Å². The monoisotopic (exact) mass is 635 g/mol. The van der Waals surface area contributed by atoms with Crippen molar-refractivity contribution in [3.05, 3.63) is 118 Å². The smallest absolute Gasteiger partial charge is 0.254 e. The van der Waals surface area contributed by atoms with E-state index in [0.29, 0.717) is 11.1 Å². The number of hydrogen-bond donors (Lipinski definition) is 0. The molecular weight excluding hydrogens is 582 g/mol. The van der Waals surface area contributed by atoms with E-state index in [2.05, 4.69) is 76.2 Å². The Morgan fingerprint density at radius 2 is 1.02 bits per heavy atom. The molecule has 3 aromatic carbocycles. The molecule has 0 N–H and O–H groups in total. The molecule has 1 aliphatic rings. The second-order valence-corrected chi connectivity index (χ2v) is 13.5. The van der Waals surface area contributed by atoms with Crippen molar-refractivity contribution >= 4 is 23.4 Å². The molecule has 250 valence electrons. The van der Waals surface area contributed by atoms with Crippen LogP contribution in [0.1, 0.15) is 116 Å². The van der Waals surface area contributed by atoms with Crippen molar-refractivity contribution in [2.24, 2.45) is 11.8 Å². The first-order valence-electron chi connectivity index (χ1n) is 17.2. The first-order chi connectivity index (χ1) is 22.4. The summed E-state index contributed by atoms with van der Waals surface area (Å²) >= 11 is 0. The van der Waals surface area contributed by atoms with Gasteiger partial charge in [-0.2, -0.15) is 0 Å². The minimum atomic E-state index is -0.304. The highest BCUT2D eigenvalue weighted by atomic mass is 16.2. The Balaban J connectivity index is 0.000000335. The summed E-state index contributed by atoms with van der Waals surface area (Å²) in [6.45, 7) is 14.1. The SMILES string of the molecule is CCCC(C)(CCC)N1C(=O)C=CC1=O.Cc1ccc(CCC(CCc2ccc(C)cc2)C(=O)c2ccc(C(=O)C(C)C)cc2)cc1. The Labute approximate surface area is 282 Å². The minimum absolute atomic E-state index is 0.0479. The van der Waals surface area contributed by atoms with Crippen LogP contribution in [0.2, 0.25) is 0 Å². The average molecular weight is 636 g/mol. The molecule has 0 unspecified atom stereocenters. The predicted molar refractivity (Wildman–Crippen MR) is 192 cm³/mol. The highest BCUT2D eigenvalue weighted by molar-refractivity contribution is 6.13. The molecule has 2 amide bonds. The molecule has 1 heterocycles. The van der Waals surface area contributed by atoms with Crippen LogP contribution in [0.5, 0.6) is 0 Å². The number of rotatable bonds is 15. The van der Waals surface area contributed by atoms with Crippen LogP contribution in [0.4, 0.5) is 0 Å². The van der Waals surface area contributed by atoms with Gasteiger partial charge in [-0.3, -0.25) is 24.1 Å². The molecule has 1 aliphatic heterocycles. The highest BCUT2D eigenvalue weighted by Gasteiger charge is 2.39. The molecule has 0 bridgehead atoms. The van der Waals surface area contributed by atoms with Crippen LogP contribution in [0.3, 0.4) is 0 Å². The van der Waals surface area contributed by atoms with Gasteiger partial charge in [-0.25, -0.2) is 0 Å². The number of ketones is 2. The van der Waals surface area contributed by atoms with Crippen molar-refractivity contribution < 1.29 is 19.2 Å². The molecule has 3 aromatic rings. The normalized spacial score (nSPS) is 12.9. The predicted octanol–water partition coefficient (Wildman–Crippen LogP) is 9.48. The number of carbonyl (C=O) groups is 4. The van der Waals surface area contributed by atoms with E-state index in [1.807, 2.05) is 32.9 Å². The quantitative estimate of drug-likeness (QED) is 0.123. The van der Waals surface area contributed by atoms with Gasteiger partial charge >= 0.3 is 0 Å². The number of aryl methyl sites for hydroxylation is 4. The fraction of sp³-hybridized carbons (Fsp3) is 0.429. The van der Waals surface area contributed by atoms with Crippen LogP contribution in [0.25, 0.3) is 0 Å². The number of Topliss-reactive ketones (excluding diaryl/α,β-unsaturated/α-hetero) is 2. The van der Waals surface area contributed by atoms with E-state index in [1.54, 1.807) is 12.1 Å². The van der Waals surface area contributed by atoms with E-state index in [0.717, 1.165) is 51.4 Å². The molecule has 5 heteroatoms. The molecule has 5 nitrogen and oxygen atoms in total. The first kappa shape index (κ1) is 37.3. The van der Waals surface area contributed by atoms with Crippen LogP contribution < -0.4 is 0 Å². The van der Waals surface area contributed by atoms with E-state index in [-0.39, 0.29) is 40.8 Å². The Bertz CT molecular complexity index is 1440. The lowest BCUT2D eigenvalue weighted by atomic mass is 9.86. The Hall–Kier alpha value is -4.12. The molecule has 0 aromatic heterocycles. The zero-order valence-electron chi connectivity index (χ0n) is 29.5. The molecule has 47 heavy (non-hydrogen) atoms. The van der Waals surface area contributed by atoms with Crippen molar-refractivity contribution in [2.75, 3.05) is 0 Å². The van der Waals surface area contributed by atoms with Gasteiger partial charge in [0.25, 0.3) is 11.8 Å². The van der Waals surface area contributed by atoms with Gasteiger partial charge in [0.2, 0.25) is 0 Å². The van der Waals surface area contributed by atoms with Gasteiger partial charge < -0.3 is 0 Å². The maximum atomic E-state index is 13.4. The number of imide groups is 1. The van der Waals surface area contributed by atoms with Crippen molar-refractivity contribution in [2.45, 2.75) is 105 Å². The summed E-state index contributed by atoms with van der Waals surface area (Å²) in [4.78, 5) is 50.3. The molecule has 0 aliphatic carbocycles. The lowest BCUT2D eigenvalue weighted by molar-refractivity contribution is -0.144. The first-order valence-corrected chi connectivity index (χ1v) is 17.2. The third-order valence-electron chi connectivity index (χ3n) is 9.08. The number of hydrogen-bond acceptors (Lipinski definition) is 4. The van der Waals surface area contributed by atoms with Gasteiger partial charge in [-0.1, -0.05) is 124 Å². The molecule has 0 fully saturated rings. The summed E-state index contributed by atoms with van der Waals surface area (Å²) in [6.07, 6.45) is 9.85. The van der Waals surface area contributed by atoms with Crippen LogP contribution in [0.15, 0.2) is 84.9 Å². The third-order valence-corrected chi connectivity index (χ3v) is 9.08. The molecule has 0 spiro atoms. The number of benzene rings is 3. The minimum Gasteiger partial charge on any atom is -0.294 e. The van der Waals surface area contributed by atoms with Crippen molar-refractivity contribution in [1.29, 1.82) is 0 Å². The number of amides is 2. The van der Waals surface area contributed by atoms with Crippen LogP contribution >= 0.6 is 0 Å². The van der Waals surface area contributed by atoms with Gasteiger partial charge in [-0.15, -0.1) is 0 Å². The molecule has 0 saturated carbocycles. The Kier molecular flexibility index (Phi) is 14.1. The van der Waals surface area contributed by atoms with E-state index in [1.165, 1.54) is 39.3 Å². The second kappa shape index (κ2) is 17.7. The van der Waals surface area contributed by atoms with Crippen LogP contribution in [-0.4, -0.2) is 33.8 Å². The molecule has 4 rings (SSSR count). The van der Waals surface area contributed by atoms with Crippen molar-refractivity contribution in [3.8, 4) is 0 Å². The van der Waals surface area contributed by atoms with Crippen molar-refractivity contribution in [3.63, 3.8) is 0 Å². The van der Waals surface area contributed by atoms with Gasteiger partial charge in [0.15, 0.2) is 11.6 Å². The molecule has 0 atom stereocenters. The molecule has 0 radical (unpaired) electrons. The van der Waals surface area contributed by atoms with E-state index >= 15 is 0 Å². The largest absolute Gasteiger partial charge is 0.294 e. The van der Waals surface area contributed by atoms with Gasteiger partial charge in [-0.05, 0) is 70.4 Å². The van der Waals surface area contributed by atoms with E-state index in [4.69, 9.17) is 0 Å². The lowest BCUT2D eigenvalue weighted by Crippen LogP contribution is -2.49. The van der Waals surface area contributed by atoms with Crippen molar-refractivity contribution in [1.82, 2.24) is 4.90 Å². The standard InChI is InChI=1S/C30H34O2.C12H19NO2/c1-21(2)29(31)26-17-19-28(20-18-26)30(32)27(15-13-24-9-5-22(3)6-10-24)16-14-25-11-7-23(4)8-12-25;1-4-8-12(3,9-5-2)13-10(14)6-7-11(13)15/h5-12,17-21,27H,13-16H2,1-4H3;6-7H,4-5,8-9H2,1-3H3. The summed E-state index contributed by atoms with van der Waals surface area (Å²) in [5, 5.41) is 0. The van der Waals surface area contributed by atoms with Crippen LogP contribution in [-0.2, 0) is 22.4 Å². The molecular formula is C42H53NO4. The summed E-state index contributed by atoms with van der Waals surface area (Å²) < 4.78 is 0. The average Bonchev–Trinajstić information content (AvgIpc) is 3.40. The number of carbonyl (C=O) groups excluding carboxylic acids is 4. The highest BCUT2D eigenvalue weighted by Crippen LogP contribution is 2.29. The maximum Gasteiger partial charge on any atom is 0.254 e.